The largest absolute Gasteiger partial charge is 0.356 e. The molecule has 0 spiro atoms. The van der Waals surface area contributed by atoms with Crippen molar-refractivity contribution in [2.24, 2.45) is 5.18 Å². The number of nitroso groups, excluding NO2 is 1. The van der Waals surface area contributed by atoms with Gasteiger partial charge in [0.15, 0.2) is 0 Å². The van der Waals surface area contributed by atoms with Crippen LogP contribution < -0.4 is 4.90 Å². The number of rotatable bonds is 5. The number of alkyl halides is 2. The minimum atomic E-state index is -2.71. The summed E-state index contributed by atoms with van der Waals surface area (Å²) < 4.78 is 29.7. The van der Waals surface area contributed by atoms with Crippen LogP contribution in [0.15, 0.2) is 15.7 Å². The second-order valence-corrected chi connectivity index (χ2v) is 6.28. The van der Waals surface area contributed by atoms with Gasteiger partial charge in [0.1, 0.15) is 11.5 Å². The Hall–Kier alpha value is -1.15. The molecule has 0 N–H and O–H groups in total. The normalized spacial score (nSPS) is 21.9. The first-order valence-corrected chi connectivity index (χ1v) is 7.88. The molecule has 0 amide bonds. The molecule has 5 nitrogen and oxygen atoms in total. The average Bonchev–Trinajstić information content (AvgIpc) is 2.48. The molecular weight excluding hydrogens is 360 g/mol. The molecule has 22 heavy (non-hydrogen) atoms. The summed E-state index contributed by atoms with van der Waals surface area (Å²) in [6, 6.07) is 1.85. The van der Waals surface area contributed by atoms with Crippen LogP contribution in [0.5, 0.6) is 0 Å². The molecule has 1 fully saturated rings. The molecule has 0 unspecified atom stereocenters. The lowest BCUT2D eigenvalue weighted by Crippen LogP contribution is -2.38. The lowest BCUT2D eigenvalue weighted by molar-refractivity contribution is -0.169. The fraction of sp³-hybridized carbons (Fsp3) is 0.643. The predicted molar refractivity (Wildman–Crippen MR) is 83.7 cm³/mol. The highest BCUT2D eigenvalue weighted by molar-refractivity contribution is 9.10. The predicted octanol–water partition coefficient (Wildman–Crippen LogP) is 4.54. The Morgan fingerprint density at radius 3 is 2.59 bits per heavy atom. The first kappa shape index (κ1) is 17.2. The van der Waals surface area contributed by atoms with Crippen molar-refractivity contribution in [3.8, 4) is 0 Å². The van der Waals surface area contributed by atoms with Crippen LogP contribution in [0.25, 0.3) is 0 Å². The number of ether oxygens (including phenoxy) is 1. The van der Waals surface area contributed by atoms with Crippen molar-refractivity contribution in [3.05, 3.63) is 21.1 Å². The molecule has 122 valence electrons. The smallest absolute Gasteiger partial charge is 0.345 e. The Morgan fingerprint density at radius 1 is 1.41 bits per heavy atom. The second-order valence-electron chi connectivity index (χ2n) is 5.43. The maximum atomic E-state index is 12.2. The molecule has 0 bridgehead atoms. The molecule has 1 aromatic heterocycles. The van der Waals surface area contributed by atoms with Gasteiger partial charge in [-0.1, -0.05) is 0 Å². The van der Waals surface area contributed by atoms with Gasteiger partial charge in [-0.25, -0.2) is 4.98 Å². The standard InChI is InChI=1S/C14H18BrF2N3O2/c1-8-12(19-21)7-11(15)13(18-8)20(2)9-3-5-10(6-4-9)22-14(16)17/h7,9-10,14H,3-6H2,1-2H3. The molecule has 0 aromatic carbocycles. The summed E-state index contributed by atoms with van der Waals surface area (Å²) in [7, 11) is 1.92. The van der Waals surface area contributed by atoms with Crippen LogP contribution >= 0.6 is 15.9 Å². The quantitative estimate of drug-likeness (QED) is 0.706. The lowest BCUT2D eigenvalue weighted by atomic mass is 9.92. The molecule has 0 saturated heterocycles. The maximum Gasteiger partial charge on any atom is 0.345 e. The Morgan fingerprint density at radius 2 is 2.05 bits per heavy atom. The monoisotopic (exact) mass is 377 g/mol. The summed E-state index contributed by atoms with van der Waals surface area (Å²) in [5.74, 6) is 0.725. The van der Waals surface area contributed by atoms with E-state index < -0.39 is 6.61 Å². The van der Waals surface area contributed by atoms with E-state index in [0.29, 0.717) is 28.7 Å². The van der Waals surface area contributed by atoms with Crippen LogP contribution in [0.4, 0.5) is 20.3 Å². The van der Waals surface area contributed by atoms with Gasteiger partial charge in [0.25, 0.3) is 0 Å². The number of hydrogen-bond acceptors (Lipinski definition) is 5. The molecule has 2 rings (SSSR count). The molecule has 0 radical (unpaired) electrons. The molecule has 1 saturated carbocycles. The van der Waals surface area contributed by atoms with E-state index in [1.165, 1.54) is 0 Å². The fourth-order valence-electron chi connectivity index (χ4n) is 2.79. The third-order valence-corrected chi connectivity index (χ3v) is 4.62. The Kier molecular flexibility index (Phi) is 5.80. The zero-order valence-electron chi connectivity index (χ0n) is 12.4. The molecule has 1 heterocycles. The van der Waals surface area contributed by atoms with Crippen molar-refractivity contribution in [2.75, 3.05) is 11.9 Å². The van der Waals surface area contributed by atoms with Gasteiger partial charge in [-0.05, 0) is 59.8 Å². The van der Waals surface area contributed by atoms with Crippen molar-refractivity contribution < 1.29 is 13.5 Å². The molecule has 0 atom stereocenters. The number of hydrogen-bond donors (Lipinski definition) is 0. The molecular formula is C14H18BrF2N3O2. The third kappa shape index (κ3) is 3.98. The van der Waals surface area contributed by atoms with Gasteiger partial charge in [0.05, 0.1) is 16.3 Å². The average molecular weight is 378 g/mol. The van der Waals surface area contributed by atoms with Crippen LogP contribution in [0, 0.1) is 11.8 Å². The Labute approximate surface area is 136 Å². The van der Waals surface area contributed by atoms with E-state index in [2.05, 4.69) is 30.8 Å². The van der Waals surface area contributed by atoms with Gasteiger partial charge in [-0.3, -0.25) is 0 Å². The zero-order valence-corrected chi connectivity index (χ0v) is 14.0. The highest BCUT2D eigenvalue weighted by Gasteiger charge is 2.28. The maximum absolute atomic E-state index is 12.2. The topological polar surface area (TPSA) is 54.8 Å². The van der Waals surface area contributed by atoms with Gasteiger partial charge in [0, 0.05) is 13.1 Å². The Balaban J connectivity index is 2.05. The van der Waals surface area contributed by atoms with Crippen LogP contribution in [-0.4, -0.2) is 30.8 Å². The summed E-state index contributed by atoms with van der Waals surface area (Å²) in [5.41, 5.74) is 0.868. The summed E-state index contributed by atoms with van der Waals surface area (Å²) in [4.78, 5) is 17.1. The number of aryl methyl sites for hydroxylation is 1. The molecule has 0 aliphatic heterocycles. The van der Waals surface area contributed by atoms with Gasteiger partial charge in [0.2, 0.25) is 0 Å². The van der Waals surface area contributed by atoms with E-state index in [1.54, 1.807) is 13.0 Å². The van der Waals surface area contributed by atoms with E-state index >= 15 is 0 Å². The SMILES string of the molecule is Cc1nc(N(C)C2CCC(OC(F)F)CC2)c(Br)cc1N=O. The number of anilines is 1. The van der Waals surface area contributed by atoms with E-state index in [9.17, 15) is 13.7 Å². The van der Waals surface area contributed by atoms with Crippen LogP contribution in [-0.2, 0) is 4.74 Å². The van der Waals surface area contributed by atoms with E-state index in [4.69, 9.17) is 0 Å². The van der Waals surface area contributed by atoms with E-state index in [1.807, 2.05) is 11.9 Å². The first-order valence-electron chi connectivity index (χ1n) is 7.09. The van der Waals surface area contributed by atoms with Gasteiger partial charge < -0.3 is 9.64 Å². The van der Waals surface area contributed by atoms with Crippen molar-refractivity contribution in [2.45, 2.75) is 51.4 Å². The molecule has 8 heteroatoms. The minimum absolute atomic E-state index is 0.204. The highest BCUT2D eigenvalue weighted by atomic mass is 79.9. The summed E-state index contributed by atoms with van der Waals surface area (Å²) in [6.07, 6.45) is 2.35. The Bertz CT molecular complexity index is 537. The minimum Gasteiger partial charge on any atom is -0.356 e. The lowest BCUT2D eigenvalue weighted by Gasteiger charge is -2.35. The number of pyridine rings is 1. The summed E-state index contributed by atoms with van der Waals surface area (Å²) >= 11 is 3.41. The van der Waals surface area contributed by atoms with E-state index in [0.717, 1.165) is 18.7 Å². The molecule has 1 aliphatic carbocycles. The van der Waals surface area contributed by atoms with Crippen LogP contribution in [0.1, 0.15) is 31.4 Å². The van der Waals surface area contributed by atoms with Crippen molar-refractivity contribution >= 4 is 27.4 Å². The van der Waals surface area contributed by atoms with Crippen LogP contribution in [0.2, 0.25) is 0 Å². The highest BCUT2D eigenvalue weighted by Crippen LogP contribution is 2.34. The number of nitrogens with zero attached hydrogens (tertiary/aromatic N) is 3. The fourth-order valence-corrected chi connectivity index (χ4v) is 3.37. The third-order valence-electron chi connectivity index (χ3n) is 4.04. The van der Waals surface area contributed by atoms with Crippen molar-refractivity contribution in [1.29, 1.82) is 0 Å². The summed E-state index contributed by atoms with van der Waals surface area (Å²) in [6.45, 7) is -0.977. The van der Waals surface area contributed by atoms with E-state index in [-0.39, 0.29) is 12.1 Å². The van der Waals surface area contributed by atoms with Gasteiger partial charge in [-0.2, -0.15) is 8.78 Å². The second kappa shape index (κ2) is 7.41. The van der Waals surface area contributed by atoms with Crippen molar-refractivity contribution in [3.63, 3.8) is 0 Å². The summed E-state index contributed by atoms with van der Waals surface area (Å²) in [5, 5.41) is 2.93. The zero-order chi connectivity index (χ0) is 16.3. The van der Waals surface area contributed by atoms with Gasteiger partial charge in [-0.15, -0.1) is 4.91 Å². The number of halogens is 3. The molecule has 1 aromatic rings. The van der Waals surface area contributed by atoms with Gasteiger partial charge >= 0.3 is 6.61 Å². The first-order chi connectivity index (χ1) is 10.4. The van der Waals surface area contributed by atoms with Crippen LogP contribution in [0.3, 0.4) is 0 Å². The van der Waals surface area contributed by atoms with Crippen molar-refractivity contribution in [1.82, 2.24) is 4.98 Å². The number of aromatic nitrogens is 1. The molecule has 1 aliphatic rings.